The smallest absolute Gasteiger partial charge is 0.258 e. The largest absolute Gasteiger partial charge is 0.340 e. The highest BCUT2D eigenvalue weighted by molar-refractivity contribution is 7.15. The molecule has 1 aromatic carbocycles. The zero-order chi connectivity index (χ0) is 24.2. The first-order valence-corrected chi connectivity index (χ1v) is 12.9. The lowest BCUT2D eigenvalue weighted by Gasteiger charge is -2.38. The van der Waals surface area contributed by atoms with Crippen molar-refractivity contribution in [3.63, 3.8) is 0 Å². The third-order valence-electron chi connectivity index (χ3n) is 6.80. The summed E-state index contributed by atoms with van der Waals surface area (Å²) in [7, 11) is 0. The Morgan fingerprint density at radius 2 is 1.74 bits per heavy atom. The van der Waals surface area contributed by atoms with Crippen molar-refractivity contribution < 1.29 is 9.59 Å². The fraction of sp³-hybridized carbons (Fsp3) is 0.385. The van der Waals surface area contributed by atoms with Gasteiger partial charge in [0.1, 0.15) is 0 Å². The van der Waals surface area contributed by atoms with Crippen LogP contribution in [0.25, 0.3) is 11.0 Å². The van der Waals surface area contributed by atoms with Crippen LogP contribution >= 0.6 is 11.3 Å². The van der Waals surface area contributed by atoms with E-state index in [4.69, 9.17) is 0 Å². The van der Waals surface area contributed by atoms with Crippen LogP contribution in [0.4, 0.5) is 0 Å². The van der Waals surface area contributed by atoms with Crippen molar-refractivity contribution in [2.75, 3.05) is 39.3 Å². The standard InChI is InChI=1S/C26H29N5O3S/c32-23(7-6-20-4-2-1-3-5-20)29-10-8-21(9-11-29)25(34)30-14-12-28(13-15-30)19-22-18-24(33)31-16-17-35-26(31)27-22/h1-7,16-18,21H,8-15,19H2/b7-6+. The van der Waals surface area contributed by atoms with Crippen LogP contribution in [0.5, 0.6) is 0 Å². The number of fused-ring (bicyclic) bond motifs is 1. The van der Waals surface area contributed by atoms with E-state index in [-0.39, 0.29) is 23.3 Å². The van der Waals surface area contributed by atoms with Gasteiger partial charge in [-0.2, -0.15) is 0 Å². The number of nitrogens with zero attached hydrogens (tertiary/aromatic N) is 5. The topological polar surface area (TPSA) is 78.2 Å². The molecule has 2 aromatic heterocycles. The molecule has 3 aromatic rings. The molecule has 2 saturated heterocycles. The molecule has 2 fully saturated rings. The Labute approximate surface area is 208 Å². The Morgan fingerprint density at radius 3 is 2.49 bits per heavy atom. The number of amides is 2. The zero-order valence-corrected chi connectivity index (χ0v) is 20.4. The molecule has 0 N–H and O–H groups in total. The van der Waals surface area contributed by atoms with Crippen LogP contribution in [0.1, 0.15) is 24.1 Å². The van der Waals surface area contributed by atoms with Crippen LogP contribution in [-0.4, -0.2) is 75.2 Å². The van der Waals surface area contributed by atoms with Crippen LogP contribution < -0.4 is 5.56 Å². The summed E-state index contributed by atoms with van der Waals surface area (Å²) in [6.07, 6.45) is 6.61. The molecule has 2 aliphatic rings. The van der Waals surface area contributed by atoms with E-state index in [0.29, 0.717) is 50.5 Å². The second-order valence-corrected chi connectivity index (χ2v) is 9.96. The predicted molar refractivity (Wildman–Crippen MR) is 136 cm³/mol. The van der Waals surface area contributed by atoms with Gasteiger partial charge in [0.2, 0.25) is 11.8 Å². The van der Waals surface area contributed by atoms with E-state index in [9.17, 15) is 14.4 Å². The number of piperidine rings is 1. The number of hydrogen-bond acceptors (Lipinski definition) is 6. The maximum absolute atomic E-state index is 13.1. The second kappa shape index (κ2) is 10.5. The normalized spacial score (nSPS) is 17.9. The average Bonchev–Trinajstić information content (AvgIpc) is 3.37. The Hall–Kier alpha value is -3.30. The van der Waals surface area contributed by atoms with E-state index in [0.717, 1.165) is 24.3 Å². The second-order valence-electron chi connectivity index (χ2n) is 9.09. The third kappa shape index (κ3) is 5.52. The van der Waals surface area contributed by atoms with E-state index < -0.39 is 0 Å². The Balaban J connectivity index is 1.08. The number of likely N-dealkylation sites (tertiary alicyclic amines) is 1. The van der Waals surface area contributed by atoms with E-state index in [2.05, 4.69) is 9.88 Å². The molecule has 0 aliphatic carbocycles. The first kappa shape index (κ1) is 23.4. The molecule has 2 aliphatic heterocycles. The van der Waals surface area contributed by atoms with E-state index in [1.807, 2.05) is 51.6 Å². The molecular formula is C26H29N5O3S. The van der Waals surface area contributed by atoms with Crippen LogP contribution in [0.3, 0.4) is 0 Å². The van der Waals surface area contributed by atoms with Crippen LogP contribution in [0.2, 0.25) is 0 Å². The van der Waals surface area contributed by atoms with Gasteiger partial charge < -0.3 is 9.80 Å². The summed E-state index contributed by atoms with van der Waals surface area (Å²) < 4.78 is 1.56. The van der Waals surface area contributed by atoms with Crippen molar-refractivity contribution in [3.8, 4) is 0 Å². The van der Waals surface area contributed by atoms with Gasteiger partial charge in [-0.25, -0.2) is 4.98 Å². The molecule has 0 saturated carbocycles. The number of carbonyl (C=O) groups is 2. The molecule has 35 heavy (non-hydrogen) atoms. The summed E-state index contributed by atoms with van der Waals surface area (Å²) in [6.45, 7) is 4.72. The van der Waals surface area contributed by atoms with Crippen molar-refractivity contribution in [2.45, 2.75) is 19.4 Å². The molecule has 8 nitrogen and oxygen atoms in total. The van der Waals surface area contributed by atoms with Gasteiger partial charge in [0.15, 0.2) is 4.96 Å². The SMILES string of the molecule is O=C(/C=C/c1ccccc1)N1CCC(C(=O)N2CCN(Cc3cc(=O)n4ccsc4n3)CC2)CC1. The summed E-state index contributed by atoms with van der Waals surface area (Å²) in [6, 6.07) is 11.4. The lowest BCUT2D eigenvalue weighted by atomic mass is 9.95. The highest BCUT2D eigenvalue weighted by Gasteiger charge is 2.31. The molecule has 4 heterocycles. The maximum atomic E-state index is 13.1. The molecule has 0 bridgehead atoms. The number of hydrogen-bond donors (Lipinski definition) is 0. The molecule has 0 spiro atoms. The van der Waals surface area contributed by atoms with E-state index >= 15 is 0 Å². The number of piperazine rings is 1. The van der Waals surface area contributed by atoms with Gasteiger partial charge in [0.05, 0.1) is 5.69 Å². The molecule has 0 atom stereocenters. The van der Waals surface area contributed by atoms with Gasteiger partial charge in [0, 0.05) is 75.5 Å². The average molecular weight is 492 g/mol. The summed E-state index contributed by atoms with van der Waals surface area (Å²) in [5, 5.41) is 1.86. The predicted octanol–water partition coefficient (Wildman–Crippen LogP) is 2.35. The Morgan fingerprint density at radius 1 is 1.00 bits per heavy atom. The number of aromatic nitrogens is 2. The minimum atomic E-state index is -0.0551. The van der Waals surface area contributed by atoms with Crippen LogP contribution in [-0.2, 0) is 16.1 Å². The fourth-order valence-corrected chi connectivity index (χ4v) is 5.51. The summed E-state index contributed by atoms with van der Waals surface area (Å²) in [5.74, 6) is 0.182. The van der Waals surface area contributed by atoms with E-state index in [1.54, 1.807) is 22.7 Å². The van der Waals surface area contributed by atoms with Gasteiger partial charge >= 0.3 is 0 Å². The monoisotopic (exact) mass is 491 g/mol. The summed E-state index contributed by atoms with van der Waals surface area (Å²) >= 11 is 1.45. The maximum Gasteiger partial charge on any atom is 0.258 e. The Kier molecular flexibility index (Phi) is 7.06. The number of carbonyl (C=O) groups excluding carboxylic acids is 2. The van der Waals surface area contributed by atoms with Crippen molar-refractivity contribution >= 4 is 34.2 Å². The first-order chi connectivity index (χ1) is 17.1. The van der Waals surface area contributed by atoms with Crippen molar-refractivity contribution in [1.82, 2.24) is 24.1 Å². The molecule has 182 valence electrons. The highest BCUT2D eigenvalue weighted by Crippen LogP contribution is 2.21. The first-order valence-electron chi connectivity index (χ1n) is 12.1. The van der Waals surface area contributed by atoms with Gasteiger partial charge in [-0.15, -0.1) is 11.3 Å². The minimum Gasteiger partial charge on any atom is -0.340 e. The number of benzene rings is 1. The molecular weight excluding hydrogens is 462 g/mol. The van der Waals surface area contributed by atoms with Gasteiger partial charge in [-0.1, -0.05) is 30.3 Å². The number of thiazole rings is 1. The van der Waals surface area contributed by atoms with Crippen molar-refractivity contribution in [2.24, 2.45) is 5.92 Å². The summed E-state index contributed by atoms with van der Waals surface area (Å²) in [5.41, 5.74) is 1.72. The lowest BCUT2D eigenvalue weighted by Crippen LogP contribution is -2.51. The number of rotatable bonds is 5. The van der Waals surface area contributed by atoms with E-state index in [1.165, 1.54) is 11.3 Å². The van der Waals surface area contributed by atoms with Crippen molar-refractivity contribution in [3.05, 3.63) is 75.7 Å². The quantitative estimate of drug-likeness (QED) is 0.512. The molecule has 5 rings (SSSR count). The Bertz CT molecular complexity index is 1270. The minimum absolute atomic E-state index is 0.00217. The summed E-state index contributed by atoms with van der Waals surface area (Å²) in [4.78, 5) is 49.2. The highest BCUT2D eigenvalue weighted by atomic mass is 32.1. The molecule has 0 unspecified atom stereocenters. The molecule has 0 radical (unpaired) electrons. The van der Waals surface area contributed by atoms with Gasteiger partial charge in [-0.05, 0) is 24.5 Å². The van der Waals surface area contributed by atoms with Gasteiger partial charge in [-0.3, -0.25) is 23.7 Å². The van der Waals surface area contributed by atoms with Crippen molar-refractivity contribution in [1.29, 1.82) is 0 Å². The molecule has 2 amide bonds. The molecule has 9 heteroatoms. The lowest BCUT2D eigenvalue weighted by molar-refractivity contribution is -0.141. The zero-order valence-electron chi connectivity index (χ0n) is 19.6. The van der Waals surface area contributed by atoms with Gasteiger partial charge in [0.25, 0.3) is 5.56 Å². The third-order valence-corrected chi connectivity index (χ3v) is 7.56. The van der Waals surface area contributed by atoms with Crippen LogP contribution in [0.15, 0.2) is 58.8 Å². The van der Waals surface area contributed by atoms with Crippen LogP contribution in [0, 0.1) is 5.92 Å². The fourth-order valence-electron chi connectivity index (χ4n) is 4.77.